The zero-order valence-electron chi connectivity index (χ0n) is 19.5. The molecule has 4 rings (SSSR count). The van der Waals surface area contributed by atoms with E-state index >= 15 is 0 Å². The number of amides is 2. The molecule has 7 nitrogen and oxygen atoms in total. The van der Waals surface area contributed by atoms with E-state index in [1.807, 2.05) is 31.2 Å². The summed E-state index contributed by atoms with van der Waals surface area (Å²) < 4.78 is 5.58. The van der Waals surface area contributed by atoms with E-state index in [0.29, 0.717) is 32.1 Å². The van der Waals surface area contributed by atoms with Crippen LogP contribution in [0.25, 0.3) is 11.1 Å². The van der Waals surface area contributed by atoms with Crippen LogP contribution in [0.5, 0.6) is 0 Å². The third kappa shape index (κ3) is 5.41. The van der Waals surface area contributed by atoms with Crippen molar-refractivity contribution >= 4 is 18.0 Å². The highest BCUT2D eigenvalue weighted by molar-refractivity contribution is 5.79. The lowest BCUT2D eigenvalue weighted by atomic mass is 9.98. The Morgan fingerprint density at radius 1 is 1.03 bits per heavy atom. The van der Waals surface area contributed by atoms with Crippen LogP contribution in [0, 0.1) is 5.92 Å². The first kappa shape index (κ1) is 23.8. The highest BCUT2D eigenvalue weighted by Crippen LogP contribution is 2.44. The fourth-order valence-electron chi connectivity index (χ4n) is 5.19. The summed E-state index contributed by atoms with van der Waals surface area (Å²) in [5.41, 5.74) is 4.71. The quantitative estimate of drug-likeness (QED) is 0.508. The predicted octanol–water partition coefficient (Wildman–Crippen LogP) is 4.45. The topological polar surface area (TPSA) is 105 Å². The summed E-state index contributed by atoms with van der Waals surface area (Å²) >= 11 is 0. The van der Waals surface area contributed by atoms with Gasteiger partial charge >= 0.3 is 12.1 Å². The Bertz CT molecular complexity index is 1010. The van der Waals surface area contributed by atoms with Crippen LogP contribution in [0.3, 0.4) is 0 Å². The number of ether oxygens (including phenoxy) is 1. The number of aliphatic carboxylic acids is 1. The molecule has 2 aliphatic carbocycles. The number of alkyl carbamates (subject to hydrolysis) is 1. The van der Waals surface area contributed by atoms with Gasteiger partial charge in [-0.25, -0.2) is 4.79 Å². The average Bonchev–Trinajstić information content (AvgIpc) is 3.40. The van der Waals surface area contributed by atoms with E-state index < -0.39 is 18.0 Å². The van der Waals surface area contributed by atoms with Crippen molar-refractivity contribution in [3.05, 3.63) is 59.7 Å². The number of fused-ring (bicyclic) bond motifs is 3. The molecule has 1 saturated carbocycles. The maximum absolute atomic E-state index is 12.4. The molecule has 2 aromatic carbocycles. The van der Waals surface area contributed by atoms with Gasteiger partial charge in [-0.15, -0.1) is 0 Å². The fourth-order valence-corrected chi connectivity index (χ4v) is 5.19. The normalized spacial score (nSPS) is 19.7. The number of carboxylic acids is 1. The Morgan fingerprint density at radius 3 is 2.32 bits per heavy atom. The van der Waals surface area contributed by atoms with E-state index in [-0.39, 0.29) is 30.5 Å². The van der Waals surface area contributed by atoms with Crippen LogP contribution in [-0.2, 0) is 14.3 Å². The summed E-state index contributed by atoms with van der Waals surface area (Å²) in [5, 5.41) is 14.9. The van der Waals surface area contributed by atoms with Crippen molar-refractivity contribution in [2.24, 2.45) is 5.92 Å². The minimum absolute atomic E-state index is 0.0161. The molecular weight excluding hydrogens is 432 g/mol. The first-order valence-corrected chi connectivity index (χ1v) is 12.1. The molecule has 3 N–H and O–H groups in total. The molecule has 0 heterocycles. The van der Waals surface area contributed by atoms with Crippen LogP contribution in [0.2, 0.25) is 0 Å². The van der Waals surface area contributed by atoms with Crippen LogP contribution >= 0.6 is 0 Å². The third-order valence-corrected chi connectivity index (χ3v) is 6.93. The number of carbonyl (C=O) groups excluding carboxylic acids is 2. The maximum Gasteiger partial charge on any atom is 0.407 e. The monoisotopic (exact) mass is 464 g/mol. The number of hydrogen-bond donors (Lipinski definition) is 3. The van der Waals surface area contributed by atoms with Crippen LogP contribution in [-0.4, -0.2) is 41.8 Å². The summed E-state index contributed by atoms with van der Waals surface area (Å²) in [6.07, 6.45) is 3.21. The Kier molecular flexibility index (Phi) is 7.50. The van der Waals surface area contributed by atoms with Gasteiger partial charge in [-0.1, -0.05) is 55.0 Å². The highest BCUT2D eigenvalue weighted by atomic mass is 16.5. The lowest BCUT2D eigenvalue weighted by molar-refractivity contribution is -0.142. The molecule has 2 amide bonds. The van der Waals surface area contributed by atoms with Crippen LogP contribution < -0.4 is 10.6 Å². The van der Waals surface area contributed by atoms with Gasteiger partial charge in [-0.2, -0.15) is 0 Å². The molecule has 0 aliphatic heterocycles. The smallest absolute Gasteiger partial charge is 0.407 e. The SMILES string of the molecule is CC(CCCC(=O)N[C@@H]1CCC[C@@H]1C(=O)O)NC(=O)OCC1c2ccccc2-c2ccccc21. The number of carboxylic acid groups (broad SMARTS) is 1. The van der Waals surface area contributed by atoms with Crippen molar-refractivity contribution in [2.45, 2.75) is 63.5 Å². The van der Waals surface area contributed by atoms with E-state index in [0.717, 1.165) is 6.42 Å². The van der Waals surface area contributed by atoms with Crippen LogP contribution in [0.1, 0.15) is 62.5 Å². The molecule has 2 aliphatic rings. The van der Waals surface area contributed by atoms with Gasteiger partial charge in [0.05, 0.1) is 5.92 Å². The van der Waals surface area contributed by atoms with Crippen molar-refractivity contribution in [3.8, 4) is 11.1 Å². The van der Waals surface area contributed by atoms with Gasteiger partial charge < -0.3 is 20.5 Å². The molecule has 180 valence electrons. The summed E-state index contributed by atoms with van der Waals surface area (Å²) in [6.45, 7) is 2.15. The molecule has 0 saturated heterocycles. The second-order valence-corrected chi connectivity index (χ2v) is 9.31. The Hall–Kier alpha value is -3.35. The fraction of sp³-hybridized carbons (Fsp3) is 0.444. The molecular formula is C27H32N2O5. The molecule has 3 atom stereocenters. The largest absolute Gasteiger partial charge is 0.481 e. The zero-order chi connectivity index (χ0) is 24.1. The molecule has 34 heavy (non-hydrogen) atoms. The summed E-state index contributed by atoms with van der Waals surface area (Å²) in [7, 11) is 0. The van der Waals surface area contributed by atoms with Crippen molar-refractivity contribution in [3.63, 3.8) is 0 Å². The standard InChI is InChI=1S/C27H32N2O5/c1-17(8-6-15-25(30)29-24-14-7-13-22(24)26(31)32)28-27(33)34-16-23-20-11-4-2-9-18(20)19-10-3-5-12-21(19)23/h2-5,9-12,17,22-24H,6-8,13-16H2,1H3,(H,28,33)(H,29,30)(H,31,32)/t17?,22-,24+/m0/s1. The molecule has 0 spiro atoms. The van der Waals surface area contributed by atoms with Crippen molar-refractivity contribution in [1.82, 2.24) is 10.6 Å². The number of carbonyl (C=O) groups is 3. The predicted molar refractivity (Wildman–Crippen MR) is 128 cm³/mol. The van der Waals surface area contributed by atoms with Crippen molar-refractivity contribution < 1.29 is 24.2 Å². The first-order chi connectivity index (χ1) is 16.4. The van der Waals surface area contributed by atoms with E-state index in [4.69, 9.17) is 4.74 Å². The van der Waals surface area contributed by atoms with Gasteiger partial charge in [0, 0.05) is 24.4 Å². The number of benzene rings is 2. The van der Waals surface area contributed by atoms with Crippen molar-refractivity contribution in [1.29, 1.82) is 0 Å². The Labute approximate surface area is 199 Å². The van der Waals surface area contributed by atoms with Crippen LogP contribution in [0.15, 0.2) is 48.5 Å². The molecule has 1 unspecified atom stereocenters. The Morgan fingerprint density at radius 2 is 1.68 bits per heavy atom. The molecule has 1 fully saturated rings. The second kappa shape index (κ2) is 10.7. The minimum atomic E-state index is -0.844. The lowest BCUT2D eigenvalue weighted by Crippen LogP contribution is -2.40. The number of nitrogens with one attached hydrogen (secondary N) is 2. The summed E-state index contributed by atoms with van der Waals surface area (Å²) in [6, 6.07) is 16.0. The lowest BCUT2D eigenvalue weighted by Gasteiger charge is -2.18. The molecule has 0 aromatic heterocycles. The summed E-state index contributed by atoms with van der Waals surface area (Å²) in [5.74, 6) is -1.45. The first-order valence-electron chi connectivity index (χ1n) is 12.1. The van der Waals surface area contributed by atoms with Gasteiger partial charge in [0.15, 0.2) is 0 Å². The van der Waals surface area contributed by atoms with E-state index in [1.54, 1.807) is 0 Å². The molecule has 0 radical (unpaired) electrons. The second-order valence-electron chi connectivity index (χ2n) is 9.31. The molecule has 0 bridgehead atoms. The third-order valence-electron chi connectivity index (χ3n) is 6.93. The molecule has 2 aromatic rings. The maximum atomic E-state index is 12.4. The zero-order valence-corrected chi connectivity index (χ0v) is 19.5. The summed E-state index contributed by atoms with van der Waals surface area (Å²) in [4.78, 5) is 35.9. The van der Waals surface area contributed by atoms with E-state index in [2.05, 4.69) is 34.9 Å². The van der Waals surface area contributed by atoms with Gasteiger partial charge in [-0.3, -0.25) is 9.59 Å². The van der Waals surface area contributed by atoms with Gasteiger partial charge in [0.1, 0.15) is 6.61 Å². The van der Waals surface area contributed by atoms with Gasteiger partial charge in [0.25, 0.3) is 0 Å². The molecule has 7 heteroatoms. The average molecular weight is 465 g/mol. The van der Waals surface area contributed by atoms with Crippen LogP contribution in [0.4, 0.5) is 4.79 Å². The highest BCUT2D eigenvalue weighted by Gasteiger charge is 2.33. The Balaban J connectivity index is 1.19. The number of rotatable bonds is 9. The van der Waals surface area contributed by atoms with Crippen molar-refractivity contribution in [2.75, 3.05) is 6.61 Å². The minimum Gasteiger partial charge on any atom is -0.481 e. The number of hydrogen-bond acceptors (Lipinski definition) is 4. The van der Waals surface area contributed by atoms with Gasteiger partial charge in [0.2, 0.25) is 5.91 Å². The van der Waals surface area contributed by atoms with E-state index in [1.165, 1.54) is 22.3 Å². The van der Waals surface area contributed by atoms with Gasteiger partial charge in [-0.05, 0) is 54.9 Å². The van der Waals surface area contributed by atoms with E-state index in [9.17, 15) is 19.5 Å².